The molecule has 0 saturated carbocycles. The standard InChI is InChI=1S/C14H19ClN2O2/c1-17(14(18)10-5-7-16-8-6-10)11-3-4-13(19-2)12(15)9-11/h3-4,9-10,16H,5-8H2,1-2H3. The number of nitrogens with zero attached hydrogens (tertiary/aromatic N) is 1. The number of nitrogens with one attached hydrogen (secondary N) is 1. The van der Waals surface area contributed by atoms with Gasteiger partial charge in [0.15, 0.2) is 0 Å². The molecule has 1 aliphatic rings. The van der Waals surface area contributed by atoms with E-state index in [2.05, 4.69) is 5.32 Å². The van der Waals surface area contributed by atoms with Gasteiger partial charge in [-0.1, -0.05) is 11.6 Å². The first kappa shape index (κ1) is 14.2. The van der Waals surface area contributed by atoms with E-state index >= 15 is 0 Å². The van der Waals surface area contributed by atoms with Crippen molar-refractivity contribution in [3.63, 3.8) is 0 Å². The molecule has 104 valence electrons. The maximum absolute atomic E-state index is 12.4. The third-order valence-corrected chi connectivity index (χ3v) is 3.84. The topological polar surface area (TPSA) is 41.6 Å². The molecule has 1 aliphatic heterocycles. The van der Waals surface area contributed by atoms with Crippen molar-refractivity contribution >= 4 is 23.2 Å². The van der Waals surface area contributed by atoms with E-state index in [4.69, 9.17) is 16.3 Å². The van der Waals surface area contributed by atoms with Crippen molar-refractivity contribution in [2.24, 2.45) is 5.92 Å². The Morgan fingerprint density at radius 3 is 2.68 bits per heavy atom. The maximum Gasteiger partial charge on any atom is 0.229 e. The number of halogens is 1. The highest BCUT2D eigenvalue weighted by atomic mass is 35.5. The summed E-state index contributed by atoms with van der Waals surface area (Å²) in [5, 5.41) is 3.78. The number of carbonyl (C=O) groups is 1. The fourth-order valence-electron chi connectivity index (χ4n) is 2.33. The quantitative estimate of drug-likeness (QED) is 0.925. The van der Waals surface area contributed by atoms with Crippen molar-refractivity contribution < 1.29 is 9.53 Å². The van der Waals surface area contributed by atoms with Gasteiger partial charge in [0.05, 0.1) is 12.1 Å². The van der Waals surface area contributed by atoms with Crippen LogP contribution in [-0.2, 0) is 4.79 Å². The lowest BCUT2D eigenvalue weighted by atomic mass is 9.96. The predicted molar refractivity (Wildman–Crippen MR) is 77.0 cm³/mol. The van der Waals surface area contributed by atoms with Crippen molar-refractivity contribution in [3.05, 3.63) is 23.2 Å². The predicted octanol–water partition coefficient (Wildman–Crippen LogP) is 2.31. The van der Waals surface area contributed by atoms with E-state index in [1.165, 1.54) is 0 Å². The number of methoxy groups -OCH3 is 1. The molecule has 1 heterocycles. The molecule has 0 spiro atoms. The monoisotopic (exact) mass is 282 g/mol. The van der Waals surface area contributed by atoms with Crippen LogP contribution in [0, 0.1) is 5.92 Å². The minimum absolute atomic E-state index is 0.104. The smallest absolute Gasteiger partial charge is 0.229 e. The molecule has 0 radical (unpaired) electrons. The van der Waals surface area contributed by atoms with Crippen LogP contribution in [-0.4, -0.2) is 33.2 Å². The highest BCUT2D eigenvalue weighted by Crippen LogP contribution is 2.29. The molecule has 0 unspecified atom stereocenters. The lowest BCUT2D eigenvalue weighted by Gasteiger charge is -2.27. The first-order valence-corrected chi connectivity index (χ1v) is 6.83. The summed E-state index contributed by atoms with van der Waals surface area (Å²) < 4.78 is 5.11. The Morgan fingerprint density at radius 1 is 1.42 bits per heavy atom. The third kappa shape index (κ3) is 3.19. The summed E-state index contributed by atoms with van der Waals surface area (Å²) in [5.74, 6) is 0.878. The zero-order valence-corrected chi connectivity index (χ0v) is 12.0. The number of hydrogen-bond acceptors (Lipinski definition) is 3. The number of ether oxygens (including phenoxy) is 1. The van der Waals surface area contributed by atoms with Gasteiger partial charge in [0, 0.05) is 18.7 Å². The molecule has 2 rings (SSSR count). The first-order valence-electron chi connectivity index (χ1n) is 6.45. The largest absolute Gasteiger partial charge is 0.495 e. The van der Waals surface area contributed by atoms with Crippen molar-refractivity contribution in [2.75, 3.05) is 32.1 Å². The normalized spacial score (nSPS) is 16.2. The van der Waals surface area contributed by atoms with E-state index in [1.807, 2.05) is 6.07 Å². The van der Waals surface area contributed by atoms with Crippen LogP contribution >= 0.6 is 11.6 Å². The molecule has 5 heteroatoms. The lowest BCUT2D eigenvalue weighted by molar-refractivity contribution is -0.122. The number of rotatable bonds is 3. The second-order valence-electron chi connectivity index (χ2n) is 4.74. The highest BCUT2D eigenvalue weighted by molar-refractivity contribution is 6.32. The molecule has 1 fully saturated rings. The van der Waals surface area contributed by atoms with E-state index in [1.54, 1.807) is 31.2 Å². The van der Waals surface area contributed by atoms with Gasteiger partial charge >= 0.3 is 0 Å². The van der Waals surface area contributed by atoms with Crippen LogP contribution < -0.4 is 15.0 Å². The molecule has 1 amide bonds. The molecule has 0 atom stereocenters. The van der Waals surface area contributed by atoms with Crippen molar-refractivity contribution in [2.45, 2.75) is 12.8 Å². The molecule has 0 bridgehead atoms. The van der Waals surface area contributed by atoms with Gasteiger partial charge in [-0.05, 0) is 44.1 Å². The summed E-state index contributed by atoms with van der Waals surface area (Å²) >= 11 is 6.09. The van der Waals surface area contributed by atoms with Crippen molar-refractivity contribution in [1.82, 2.24) is 5.32 Å². The zero-order chi connectivity index (χ0) is 13.8. The molecule has 0 aliphatic carbocycles. The molecule has 1 aromatic carbocycles. The molecule has 1 N–H and O–H groups in total. The second kappa shape index (κ2) is 6.26. The van der Waals surface area contributed by atoms with Gasteiger partial charge in [-0.2, -0.15) is 0 Å². The zero-order valence-electron chi connectivity index (χ0n) is 11.3. The van der Waals surface area contributed by atoms with Crippen LogP contribution in [0.15, 0.2) is 18.2 Å². The van der Waals surface area contributed by atoms with Gasteiger partial charge in [-0.25, -0.2) is 0 Å². The van der Waals surface area contributed by atoms with Crippen LogP contribution in [0.1, 0.15) is 12.8 Å². The summed E-state index contributed by atoms with van der Waals surface area (Å²) in [7, 11) is 3.37. The SMILES string of the molecule is COc1ccc(N(C)C(=O)C2CCNCC2)cc1Cl. The Hall–Kier alpha value is -1.26. The van der Waals surface area contributed by atoms with Gasteiger partial charge < -0.3 is 15.0 Å². The Kier molecular flexibility index (Phi) is 4.66. The average molecular weight is 283 g/mol. The Bertz CT molecular complexity index is 459. The summed E-state index contributed by atoms with van der Waals surface area (Å²) in [6.07, 6.45) is 1.79. The van der Waals surface area contributed by atoms with Crippen LogP contribution in [0.3, 0.4) is 0 Å². The molecular weight excluding hydrogens is 264 g/mol. The number of carbonyl (C=O) groups excluding carboxylic acids is 1. The lowest BCUT2D eigenvalue weighted by Crippen LogP contribution is -2.39. The van der Waals surface area contributed by atoms with E-state index < -0.39 is 0 Å². The summed E-state index contributed by atoms with van der Waals surface area (Å²) in [6.45, 7) is 1.82. The molecule has 4 nitrogen and oxygen atoms in total. The number of benzene rings is 1. The Balaban J connectivity index is 2.11. The molecule has 19 heavy (non-hydrogen) atoms. The average Bonchev–Trinajstić information content (AvgIpc) is 2.46. The van der Waals surface area contributed by atoms with E-state index in [0.29, 0.717) is 10.8 Å². The number of hydrogen-bond donors (Lipinski definition) is 1. The molecule has 1 aromatic rings. The number of anilines is 1. The van der Waals surface area contributed by atoms with Crippen LogP contribution in [0.5, 0.6) is 5.75 Å². The van der Waals surface area contributed by atoms with Gasteiger partial charge in [0.2, 0.25) is 5.91 Å². The van der Waals surface area contributed by atoms with Gasteiger partial charge in [-0.3, -0.25) is 4.79 Å². The fraction of sp³-hybridized carbons (Fsp3) is 0.500. The summed E-state index contributed by atoms with van der Waals surface area (Å²) in [6, 6.07) is 5.40. The Labute approximate surface area is 118 Å². The van der Waals surface area contributed by atoms with E-state index in [0.717, 1.165) is 31.6 Å². The summed E-state index contributed by atoms with van der Waals surface area (Å²) in [5.41, 5.74) is 0.800. The molecule has 1 saturated heterocycles. The van der Waals surface area contributed by atoms with Gasteiger partial charge in [-0.15, -0.1) is 0 Å². The van der Waals surface area contributed by atoms with Crippen molar-refractivity contribution in [1.29, 1.82) is 0 Å². The second-order valence-corrected chi connectivity index (χ2v) is 5.15. The van der Waals surface area contributed by atoms with Crippen LogP contribution in [0.2, 0.25) is 5.02 Å². The minimum Gasteiger partial charge on any atom is -0.495 e. The van der Waals surface area contributed by atoms with E-state index in [-0.39, 0.29) is 11.8 Å². The first-order chi connectivity index (χ1) is 9.13. The molecule has 0 aromatic heterocycles. The molecular formula is C14H19ClN2O2. The Morgan fingerprint density at radius 2 is 2.11 bits per heavy atom. The van der Waals surface area contributed by atoms with Gasteiger partial charge in [0.25, 0.3) is 0 Å². The number of amides is 1. The van der Waals surface area contributed by atoms with Gasteiger partial charge in [0.1, 0.15) is 5.75 Å². The third-order valence-electron chi connectivity index (χ3n) is 3.54. The van der Waals surface area contributed by atoms with Crippen molar-refractivity contribution in [3.8, 4) is 5.75 Å². The fourth-order valence-corrected chi connectivity index (χ4v) is 2.59. The maximum atomic E-state index is 12.4. The highest BCUT2D eigenvalue weighted by Gasteiger charge is 2.24. The number of piperidine rings is 1. The minimum atomic E-state index is 0.104. The van der Waals surface area contributed by atoms with Crippen LogP contribution in [0.4, 0.5) is 5.69 Å². The van der Waals surface area contributed by atoms with Crippen LogP contribution in [0.25, 0.3) is 0 Å². The summed E-state index contributed by atoms with van der Waals surface area (Å²) in [4.78, 5) is 14.1. The van der Waals surface area contributed by atoms with E-state index in [9.17, 15) is 4.79 Å².